The second-order valence-electron chi connectivity index (χ2n) is 4.72. The molecule has 0 radical (unpaired) electrons. The quantitative estimate of drug-likeness (QED) is 0.629. The summed E-state index contributed by atoms with van der Waals surface area (Å²) in [7, 11) is 0. The molecule has 1 aromatic carbocycles. The van der Waals surface area contributed by atoms with E-state index in [1.54, 1.807) is 6.20 Å². The predicted molar refractivity (Wildman–Crippen MR) is 92.6 cm³/mol. The Balaban J connectivity index is 1.75. The van der Waals surface area contributed by atoms with Gasteiger partial charge in [0.2, 0.25) is 0 Å². The molecule has 0 saturated carbocycles. The summed E-state index contributed by atoms with van der Waals surface area (Å²) >= 11 is 12.2. The summed E-state index contributed by atoms with van der Waals surface area (Å²) in [5, 5.41) is 4.40. The Morgan fingerprint density at radius 1 is 1.09 bits per heavy atom. The Kier molecular flexibility index (Phi) is 6.49. The molecule has 2 rings (SSSR count). The van der Waals surface area contributed by atoms with E-state index in [2.05, 4.69) is 15.3 Å². The molecule has 0 bridgehead atoms. The highest BCUT2D eigenvalue weighted by Crippen LogP contribution is 2.24. The summed E-state index contributed by atoms with van der Waals surface area (Å²) in [5.41, 5.74) is 7.75. The van der Waals surface area contributed by atoms with Crippen LogP contribution in [0.15, 0.2) is 47.6 Å². The lowest BCUT2D eigenvalue weighted by molar-refractivity contribution is 0.840. The van der Waals surface area contributed by atoms with Gasteiger partial charge in [-0.15, -0.1) is 0 Å². The molecule has 22 heavy (non-hydrogen) atoms. The van der Waals surface area contributed by atoms with Crippen LogP contribution in [0.2, 0.25) is 10.0 Å². The SMILES string of the molecule is NC(=NCCc1ccccn1)NCCc1c(Cl)cccc1Cl. The van der Waals surface area contributed by atoms with Crippen LogP contribution in [0.5, 0.6) is 0 Å². The third-order valence-corrected chi connectivity index (χ3v) is 3.83. The van der Waals surface area contributed by atoms with Crippen LogP contribution in [0.4, 0.5) is 0 Å². The van der Waals surface area contributed by atoms with Crippen LogP contribution in [0, 0.1) is 0 Å². The van der Waals surface area contributed by atoms with Gasteiger partial charge in [0.1, 0.15) is 0 Å². The lowest BCUT2D eigenvalue weighted by atomic mass is 10.1. The van der Waals surface area contributed by atoms with Gasteiger partial charge in [-0.2, -0.15) is 0 Å². The number of hydrogen-bond donors (Lipinski definition) is 2. The molecule has 3 N–H and O–H groups in total. The molecule has 0 aliphatic carbocycles. The maximum atomic E-state index is 6.12. The normalized spacial score (nSPS) is 11.5. The number of benzene rings is 1. The molecule has 0 spiro atoms. The highest BCUT2D eigenvalue weighted by molar-refractivity contribution is 6.35. The zero-order valence-corrected chi connectivity index (χ0v) is 13.6. The van der Waals surface area contributed by atoms with Crippen molar-refractivity contribution >= 4 is 29.2 Å². The number of guanidine groups is 1. The number of rotatable bonds is 6. The largest absolute Gasteiger partial charge is 0.370 e. The maximum Gasteiger partial charge on any atom is 0.188 e. The summed E-state index contributed by atoms with van der Waals surface area (Å²) in [6, 6.07) is 11.3. The molecule has 0 atom stereocenters. The van der Waals surface area contributed by atoms with Crippen molar-refractivity contribution < 1.29 is 0 Å². The van der Waals surface area contributed by atoms with Gasteiger partial charge < -0.3 is 11.1 Å². The Hall–Kier alpha value is -1.78. The number of nitrogens with two attached hydrogens (primary N) is 1. The van der Waals surface area contributed by atoms with E-state index >= 15 is 0 Å². The maximum absolute atomic E-state index is 6.12. The van der Waals surface area contributed by atoms with E-state index in [-0.39, 0.29) is 0 Å². The van der Waals surface area contributed by atoms with Crippen LogP contribution < -0.4 is 11.1 Å². The minimum atomic E-state index is 0.416. The second-order valence-corrected chi connectivity index (χ2v) is 5.53. The topological polar surface area (TPSA) is 63.3 Å². The number of aliphatic imine (C=N–C) groups is 1. The van der Waals surface area contributed by atoms with Crippen molar-refractivity contribution in [3.63, 3.8) is 0 Å². The number of halogens is 2. The average molecular weight is 337 g/mol. The van der Waals surface area contributed by atoms with Gasteiger partial charge in [0.05, 0.1) is 0 Å². The third-order valence-electron chi connectivity index (χ3n) is 3.12. The zero-order chi connectivity index (χ0) is 15.8. The second kappa shape index (κ2) is 8.61. The number of aromatic nitrogens is 1. The number of hydrogen-bond acceptors (Lipinski definition) is 2. The monoisotopic (exact) mass is 336 g/mol. The summed E-state index contributed by atoms with van der Waals surface area (Å²) in [5.74, 6) is 0.416. The first-order chi connectivity index (χ1) is 10.7. The van der Waals surface area contributed by atoms with Crippen molar-refractivity contribution in [2.45, 2.75) is 12.8 Å². The smallest absolute Gasteiger partial charge is 0.188 e. The van der Waals surface area contributed by atoms with E-state index in [0.29, 0.717) is 35.5 Å². The molecule has 0 unspecified atom stereocenters. The minimum absolute atomic E-state index is 0.416. The zero-order valence-electron chi connectivity index (χ0n) is 12.1. The molecule has 1 heterocycles. The molecule has 2 aromatic rings. The molecule has 116 valence electrons. The Morgan fingerprint density at radius 2 is 1.86 bits per heavy atom. The summed E-state index contributed by atoms with van der Waals surface area (Å²) in [6.07, 6.45) is 3.22. The minimum Gasteiger partial charge on any atom is -0.370 e. The summed E-state index contributed by atoms with van der Waals surface area (Å²) < 4.78 is 0. The van der Waals surface area contributed by atoms with Crippen molar-refractivity contribution in [3.8, 4) is 0 Å². The van der Waals surface area contributed by atoms with Gasteiger partial charge in [0, 0.05) is 41.4 Å². The Bertz CT molecular complexity index is 609. The van der Waals surface area contributed by atoms with Gasteiger partial charge in [0.15, 0.2) is 5.96 Å². The molecule has 0 saturated heterocycles. The molecule has 6 heteroatoms. The summed E-state index contributed by atoms with van der Waals surface area (Å²) in [6.45, 7) is 1.23. The van der Waals surface area contributed by atoms with Crippen molar-refractivity contribution in [3.05, 3.63) is 63.9 Å². The Labute approximate surface area is 140 Å². The molecule has 0 fully saturated rings. The van der Waals surface area contributed by atoms with Gasteiger partial charge in [-0.3, -0.25) is 9.98 Å². The molecule has 1 aromatic heterocycles. The molecule has 0 aliphatic rings. The standard InChI is InChI=1S/C16H18Cl2N4/c17-14-5-3-6-15(18)13(14)8-11-22-16(19)21-10-7-12-4-1-2-9-20-12/h1-6,9H,7-8,10-11H2,(H3,19,21,22). The van der Waals surface area contributed by atoms with Gasteiger partial charge >= 0.3 is 0 Å². The fourth-order valence-corrected chi connectivity index (χ4v) is 2.57. The lowest BCUT2D eigenvalue weighted by Gasteiger charge is -2.08. The van der Waals surface area contributed by atoms with Gasteiger partial charge in [-0.25, -0.2) is 0 Å². The first-order valence-corrected chi connectivity index (χ1v) is 7.79. The van der Waals surface area contributed by atoms with Crippen LogP contribution in [-0.4, -0.2) is 24.0 Å². The highest BCUT2D eigenvalue weighted by Gasteiger charge is 2.04. The van der Waals surface area contributed by atoms with E-state index in [0.717, 1.165) is 17.7 Å². The molecule has 0 aliphatic heterocycles. The average Bonchev–Trinajstić information content (AvgIpc) is 2.51. The predicted octanol–water partition coefficient (Wildman–Crippen LogP) is 3.08. The van der Waals surface area contributed by atoms with Gasteiger partial charge in [0.25, 0.3) is 0 Å². The van der Waals surface area contributed by atoms with Crippen molar-refractivity contribution in [2.24, 2.45) is 10.7 Å². The Morgan fingerprint density at radius 3 is 2.55 bits per heavy atom. The van der Waals surface area contributed by atoms with E-state index in [4.69, 9.17) is 28.9 Å². The first-order valence-electron chi connectivity index (χ1n) is 7.03. The van der Waals surface area contributed by atoms with Crippen LogP contribution in [-0.2, 0) is 12.8 Å². The van der Waals surface area contributed by atoms with E-state index < -0.39 is 0 Å². The highest BCUT2D eigenvalue weighted by atomic mass is 35.5. The first kappa shape index (κ1) is 16.6. The van der Waals surface area contributed by atoms with Crippen LogP contribution >= 0.6 is 23.2 Å². The fourth-order valence-electron chi connectivity index (χ4n) is 1.98. The van der Waals surface area contributed by atoms with Gasteiger partial charge in [-0.1, -0.05) is 35.3 Å². The number of nitrogens with zero attached hydrogens (tertiary/aromatic N) is 2. The van der Waals surface area contributed by atoms with Crippen molar-refractivity contribution in [2.75, 3.05) is 13.1 Å². The van der Waals surface area contributed by atoms with Crippen LogP contribution in [0.25, 0.3) is 0 Å². The van der Waals surface area contributed by atoms with Crippen LogP contribution in [0.1, 0.15) is 11.3 Å². The van der Waals surface area contributed by atoms with Crippen LogP contribution in [0.3, 0.4) is 0 Å². The number of pyridine rings is 1. The van der Waals surface area contributed by atoms with E-state index in [1.165, 1.54) is 0 Å². The fraction of sp³-hybridized carbons (Fsp3) is 0.250. The van der Waals surface area contributed by atoms with Crippen molar-refractivity contribution in [1.82, 2.24) is 10.3 Å². The molecule has 0 amide bonds. The third kappa shape index (κ3) is 5.20. The van der Waals surface area contributed by atoms with Gasteiger partial charge in [-0.05, 0) is 36.2 Å². The van der Waals surface area contributed by atoms with E-state index in [1.807, 2.05) is 36.4 Å². The van der Waals surface area contributed by atoms with Crippen molar-refractivity contribution in [1.29, 1.82) is 0 Å². The summed E-state index contributed by atoms with van der Waals surface area (Å²) in [4.78, 5) is 8.51. The molecular formula is C16H18Cl2N4. The molecule has 4 nitrogen and oxygen atoms in total. The molecular weight excluding hydrogens is 319 g/mol. The number of nitrogens with one attached hydrogen (secondary N) is 1. The lowest BCUT2D eigenvalue weighted by Crippen LogP contribution is -2.33. The van der Waals surface area contributed by atoms with E-state index in [9.17, 15) is 0 Å².